The van der Waals surface area contributed by atoms with Gasteiger partial charge in [-0.3, -0.25) is 0 Å². The van der Waals surface area contributed by atoms with Crippen molar-refractivity contribution in [3.05, 3.63) is 89.5 Å². The third-order valence-corrected chi connectivity index (χ3v) is 5.40. The standard InChI is InChI=1S/C27H33NO2/c1-5-28(6-2)24-15-9-21(10-16-24)27(22-11-17-25(18-12-22)29-7-3)23-13-19-26(20-14-23)30-8-4/h9-20,27H,5-8H2,1-4H3. The molecule has 3 aromatic rings. The Hall–Kier alpha value is -2.94. The molecule has 0 N–H and O–H groups in total. The molecule has 3 heteroatoms. The van der Waals surface area contributed by atoms with Crippen LogP contribution >= 0.6 is 0 Å². The summed E-state index contributed by atoms with van der Waals surface area (Å²) < 4.78 is 11.3. The topological polar surface area (TPSA) is 21.7 Å². The summed E-state index contributed by atoms with van der Waals surface area (Å²) in [5, 5.41) is 0. The first-order valence-corrected chi connectivity index (χ1v) is 11.0. The van der Waals surface area contributed by atoms with Gasteiger partial charge in [0.2, 0.25) is 0 Å². The minimum atomic E-state index is 0.155. The molecular formula is C27H33NO2. The maximum Gasteiger partial charge on any atom is 0.119 e. The van der Waals surface area contributed by atoms with Crippen molar-refractivity contribution in [1.29, 1.82) is 0 Å². The molecule has 0 bridgehead atoms. The van der Waals surface area contributed by atoms with Gasteiger partial charge < -0.3 is 14.4 Å². The van der Waals surface area contributed by atoms with Gasteiger partial charge in [-0.1, -0.05) is 36.4 Å². The van der Waals surface area contributed by atoms with Crippen LogP contribution in [0.3, 0.4) is 0 Å². The predicted molar refractivity (Wildman–Crippen MR) is 126 cm³/mol. The molecule has 3 rings (SSSR count). The van der Waals surface area contributed by atoms with Crippen molar-refractivity contribution in [2.75, 3.05) is 31.2 Å². The van der Waals surface area contributed by atoms with Gasteiger partial charge in [-0.15, -0.1) is 0 Å². The Morgan fingerprint density at radius 3 is 1.27 bits per heavy atom. The van der Waals surface area contributed by atoms with Gasteiger partial charge in [0.25, 0.3) is 0 Å². The molecule has 0 atom stereocenters. The maximum atomic E-state index is 5.64. The first kappa shape index (κ1) is 21.8. The van der Waals surface area contributed by atoms with Crippen LogP contribution in [0.15, 0.2) is 72.8 Å². The lowest BCUT2D eigenvalue weighted by atomic mass is 9.85. The van der Waals surface area contributed by atoms with Crippen molar-refractivity contribution in [3.8, 4) is 11.5 Å². The molecule has 158 valence electrons. The molecule has 0 aliphatic heterocycles. The van der Waals surface area contributed by atoms with Gasteiger partial charge in [0, 0.05) is 24.7 Å². The van der Waals surface area contributed by atoms with Crippen molar-refractivity contribution in [1.82, 2.24) is 0 Å². The van der Waals surface area contributed by atoms with Crippen molar-refractivity contribution >= 4 is 5.69 Å². The van der Waals surface area contributed by atoms with Gasteiger partial charge in [-0.2, -0.15) is 0 Å². The Balaban J connectivity index is 1.98. The largest absolute Gasteiger partial charge is 0.494 e. The number of nitrogens with zero attached hydrogens (tertiary/aromatic N) is 1. The second-order valence-corrected chi connectivity index (χ2v) is 7.20. The Morgan fingerprint density at radius 2 is 0.933 bits per heavy atom. The molecule has 0 heterocycles. The van der Waals surface area contributed by atoms with Gasteiger partial charge in [0.15, 0.2) is 0 Å². The molecule has 3 nitrogen and oxygen atoms in total. The second kappa shape index (κ2) is 10.7. The Morgan fingerprint density at radius 1 is 0.567 bits per heavy atom. The molecule has 0 aliphatic rings. The van der Waals surface area contributed by atoms with Gasteiger partial charge >= 0.3 is 0 Å². The van der Waals surface area contributed by atoms with E-state index in [0.29, 0.717) is 13.2 Å². The number of benzene rings is 3. The van der Waals surface area contributed by atoms with Crippen molar-refractivity contribution in [2.24, 2.45) is 0 Å². The van der Waals surface area contributed by atoms with Gasteiger partial charge in [-0.25, -0.2) is 0 Å². The molecule has 0 spiro atoms. The zero-order chi connectivity index (χ0) is 21.3. The summed E-state index contributed by atoms with van der Waals surface area (Å²) >= 11 is 0. The summed E-state index contributed by atoms with van der Waals surface area (Å²) in [7, 11) is 0. The number of hydrogen-bond acceptors (Lipinski definition) is 3. The van der Waals surface area contributed by atoms with Gasteiger partial charge in [0.05, 0.1) is 13.2 Å². The summed E-state index contributed by atoms with van der Waals surface area (Å²) in [4.78, 5) is 2.37. The molecular weight excluding hydrogens is 370 g/mol. The smallest absolute Gasteiger partial charge is 0.119 e. The minimum Gasteiger partial charge on any atom is -0.494 e. The van der Waals surface area contributed by atoms with Crippen molar-refractivity contribution < 1.29 is 9.47 Å². The van der Waals surface area contributed by atoms with E-state index < -0.39 is 0 Å². The van der Waals surface area contributed by atoms with E-state index in [1.807, 2.05) is 13.8 Å². The summed E-state index contributed by atoms with van der Waals surface area (Å²) in [5.74, 6) is 1.97. The SMILES string of the molecule is CCOc1ccc(C(c2ccc(OCC)cc2)c2ccc(N(CC)CC)cc2)cc1. The first-order chi connectivity index (χ1) is 14.7. The molecule has 30 heavy (non-hydrogen) atoms. The van der Waals surface area contributed by atoms with E-state index >= 15 is 0 Å². The van der Waals surface area contributed by atoms with Crippen LogP contribution in [0.25, 0.3) is 0 Å². The summed E-state index contributed by atoms with van der Waals surface area (Å²) in [6, 6.07) is 25.9. The average Bonchev–Trinajstić information content (AvgIpc) is 2.78. The lowest BCUT2D eigenvalue weighted by Gasteiger charge is -2.23. The zero-order valence-corrected chi connectivity index (χ0v) is 18.6. The molecule has 0 fully saturated rings. The summed E-state index contributed by atoms with van der Waals surface area (Å²) in [5.41, 5.74) is 5.04. The highest BCUT2D eigenvalue weighted by molar-refractivity contribution is 5.52. The monoisotopic (exact) mass is 403 g/mol. The highest BCUT2D eigenvalue weighted by atomic mass is 16.5. The van der Waals surface area contributed by atoms with Crippen LogP contribution in [0.5, 0.6) is 11.5 Å². The molecule has 0 aliphatic carbocycles. The fraction of sp³-hybridized carbons (Fsp3) is 0.333. The van der Waals surface area contributed by atoms with E-state index in [1.54, 1.807) is 0 Å². The van der Waals surface area contributed by atoms with E-state index in [2.05, 4.69) is 91.5 Å². The third kappa shape index (κ3) is 5.15. The van der Waals surface area contributed by atoms with Crippen LogP contribution < -0.4 is 14.4 Å². The van der Waals surface area contributed by atoms with Crippen LogP contribution in [0.2, 0.25) is 0 Å². The quantitative estimate of drug-likeness (QED) is 0.360. The molecule has 0 amide bonds. The lowest BCUT2D eigenvalue weighted by Crippen LogP contribution is -2.21. The fourth-order valence-electron chi connectivity index (χ4n) is 3.89. The van der Waals surface area contributed by atoms with E-state index in [9.17, 15) is 0 Å². The molecule has 0 aromatic heterocycles. The van der Waals surface area contributed by atoms with Crippen LogP contribution in [0.4, 0.5) is 5.69 Å². The minimum absolute atomic E-state index is 0.155. The third-order valence-electron chi connectivity index (χ3n) is 5.40. The highest BCUT2D eigenvalue weighted by Crippen LogP contribution is 2.34. The Kier molecular flexibility index (Phi) is 7.78. The zero-order valence-electron chi connectivity index (χ0n) is 18.6. The first-order valence-electron chi connectivity index (χ1n) is 11.0. The molecule has 3 aromatic carbocycles. The summed E-state index contributed by atoms with van der Waals surface area (Å²) in [6.45, 7) is 11.8. The van der Waals surface area contributed by atoms with Gasteiger partial charge in [-0.05, 0) is 80.8 Å². The van der Waals surface area contributed by atoms with Crippen molar-refractivity contribution in [3.63, 3.8) is 0 Å². The van der Waals surface area contributed by atoms with Crippen LogP contribution in [-0.4, -0.2) is 26.3 Å². The fourth-order valence-corrected chi connectivity index (χ4v) is 3.89. The molecule has 0 saturated carbocycles. The Labute approximate surface area is 181 Å². The van der Waals surface area contributed by atoms with Crippen molar-refractivity contribution in [2.45, 2.75) is 33.6 Å². The van der Waals surface area contributed by atoms with Crippen LogP contribution in [0.1, 0.15) is 50.3 Å². The normalized spacial score (nSPS) is 10.8. The maximum absolute atomic E-state index is 5.64. The predicted octanol–water partition coefficient (Wildman–Crippen LogP) is 6.51. The number of anilines is 1. The Bertz CT molecular complexity index is 832. The molecule has 0 saturated heterocycles. The second-order valence-electron chi connectivity index (χ2n) is 7.20. The average molecular weight is 404 g/mol. The van der Waals surface area contributed by atoms with Crippen LogP contribution in [0, 0.1) is 0 Å². The van der Waals surface area contributed by atoms with Gasteiger partial charge in [0.1, 0.15) is 11.5 Å². The van der Waals surface area contributed by atoms with E-state index in [-0.39, 0.29) is 5.92 Å². The summed E-state index contributed by atoms with van der Waals surface area (Å²) in [6.07, 6.45) is 0. The highest BCUT2D eigenvalue weighted by Gasteiger charge is 2.17. The molecule has 0 radical (unpaired) electrons. The van der Waals surface area contributed by atoms with E-state index in [0.717, 1.165) is 24.6 Å². The van der Waals surface area contributed by atoms with E-state index in [4.69, 9.17) is 9.47 Å². The van der Waals surface area contributed by atoms with Crippen LogP contribution in [-0.2, 0) is 0 Å². The molecule has 0 unspecified atom stereocenters. The number of ether oxygens (including phenoxy) is 2. The number of rotatable bonds is 10. The van der Waals surface area contributed by atoms with E-state index in [1.165, 1.54) is 22.4 Å². The number of hydrogen-bond donors (Lipinski definition) is 0. The lowest BCUT2D eigenvalue weighted by molar-refractivity contribution is 0.340.